The zero-order valence-electron chi connectivity index (χ0n) is 18.3. The van der Waals surface area contributed by atoms with Gasteiger partial charge in [-0.3, -0.25) is 4.79 Å². The molecule has 0 bridgehead atoms. The largest absolute Gasteiger partial charge is 0.497 e. The Balaban J connectivity index is 1.48. The first kappa shape index (κ1) is 20.8. The average molecular weight is 417 g/mol. The fraction of sp³-hybridized carbons (Fsp3) is 0.320. The number of ether oxygens (including phenoxy) is 1. The molecule has 160 valence electrons. The van der Waals surface area contributed by atoms with E-state index in [1.807, 2.05) is 49.4 Å². The van der Waals surface area contributed by atoms with Crippen molar-refractivity contribution in [2.24, 2.45) is 5.92 Å². The van der Waals surface area contributed by atoms with Crippen LogP contribution in [0.15, 0.2) is 54.9 Å². The van der Waals surface area contributed by atoms with E-state index in [9.17, 15) is 4.79 Å². The highest BCUT2D eigenvalue weighted by Crippen LogP contribution is 2.27. The second-order valence-electron chi connectivity index (χ2n) is 8.01. The van der Waals surface area contributed by atoms with Crippen molar-refractivity contribution in [3.8, 4) is 17.0 Å². The topological polar surface area (TPSA) is 67.3 Å². The smallest absolute Gasteiger partial charge is 0.229 e. The molecular formula is C25H28N4O2. The summed E-state index contributed by atoms with van der Waals surface area (Å²) in [6.07, 6.45) is 3.42. The summed E-state index contributed by atoms with van der Waals surface area (Å²) in [5.41, 5.74) is 5.05. The summed E-state index contributed by atoms with van der Waals surface area (Å²) in [5, 5.41) is 3.13. The molecular weight excluding hydrogens is 388 g/mol. The van der Waals surface area contributed by atoms with Gasteiger partial charge in [0, 0.05) is 30.4 Å². The second kappa shape index (κ2) is 9.16. The van der Waals surface area contributed by atoms with Crippen LogP contribution in [0.25, 0.3) is 11.3 Å². The highest BCUT2D eigenvalue weighted by molar-refractivity contribution is 5.93. The first-order chi connectivity index (χ1) is 15.0. The van der Waals surface area contributed by atoms with Gasteiger partial charge in [0.15, 0.2) is 0 Å². The molecule has 1 fully saturated rings. The predicted octanol–water partition coefficient (Wildman–Crippen LogP) is 4.62. The number of nitrogens with zero attached hydrogens (tertiary/aromatic N) is 3. The number of anilines is 2. The van der Waals surface area contributed by atoms with Gasteiger partial charge in [0.1, 0.15) is 17.9 Å². The maximum Gasteiger partial charge on any atom is 0.229 e. The molecule has 1 aliphatic heterocycles. The number of rotatable bonds is 5. The van der Waals surface area contributed by atoms with Crippen LogP contribution >= 0.6 is 0 Å². The summed E-state index contributed by atoms with van der Waals surface area (Å²) >= 11 is 0. The minimum atomic E-state index is -0.0759. The lowest BCUT2D eigenvalue weighted by Gasteiger charge is -2.33. The Morgan fingerprint density at radius 2 is 1.94 bits per heavy atom. The fourth-order valence-corrected chi connectivity index (χ4v) is 3.96. The second-order valence-corrected chi connectivity index (χ2v) is 8.01. The standard InChI is InChI=1S/C25H28N4O2/c1-17-6-4-8-22(18(17)2)28-25(30)20-7-5-13-29(15-20)24-14-23(26-16-27-24)19-9-11-21(31-3)12-10-19/h4,6,8-12,14,16,20H,5,7,13,15H2,1-3H3,(H,28,30)/t20-/m0/s1. The molecule has 0 radical (unpaired) electrons. The molecule has 1 atom stereocenters. The monoisotopic (exact) mass is 416 g/mol. The first-order valence-electron chi connectivity index (χ1n) is 10.6. The lowest BCUT2D eigenvalue weighted by atomic mass is 9.96. The van der Waals surface area contributed by atoms with E-state index in [4.69, 9.17) is 4.74 Å². The third-order valence-electron chi connectivity index (χ3n) is 6.02. The zero-order valence-corrected chi connectivity index (χ0v) is 18.3. The summed E-state index contributed by atoms with van der Waals surface area (Å²) in [5.74, 6) is 1.66. The van der Waals surface area contributed by atoms with Crippen LogP contribution in [-0.2, 0) is 4.79 Å². The van der Waals surface area contributed by atoms with Crippen molar-refractivity contribution in [2.45, 2.75) is 26.7 Å². The van der Waals surface area contributed by atoms with E-state index in [2.05, 4.69) is 33.2 Å². The summed E-state index contributed by atoms with van der Waals surface area (Å²) in [6.45, 7) is 5.63. The molecule has 6 heteroatoms. The summed E-state index contributed by atoms with van der Waals surface area (Å²) in [6, 6.07) is 15.8. The highest BCUT2D eigenvalue weighted by Gasteiger charge is 2.27. The number of hydrogen-bond donors (Lipinski definition) is 1. The number of aryl methyl sites for hydroxylation is 1. The van der Waals surface area contributed by atoms with Crippen molar-refractivity contribution in [3.63, 3.8) is 0 Å². The van der Waals surface area contributed by atoms with E-state index in [1.165, 1.54) is 5.56 Å². The minimum Gasteiger partial charge on any atom is -0.497 e. The molecule has 4 rings (SSSR count). The third kappa shape index (κ3) is 4.68. The van der Waals surface area contributed by atoms with Gasteiger partial charge in [-0.1, -0.05) is 12.1 Å². The van der Waals surface area contributed by atoms with Crippen LogP contribution < -0.4 is 15.0 Å². The van der Waals surface area contributed by atoms with Crippen molar-refractivity contribution >= 4 is 17.4 Å². The summed E-state index contributed by atoms with van der Waals surface area (Å²) in [4.78, 5) is 24.1. The molecule has 0 aliphatic carbocycles. The minimum absolute atomic E-state index is 0.0721. The molecule has 3 aromatic rings. The average Bonchev–Trinajstić information content (AvgIpc) is 2.82. The highest BCUT2D eigenvalue weighted by atomic mass is 16.5. The Morgan fingerprint density at radius 3 is 2.71 bits per heavy atom. The molecule has 1 saturated heterocycles. The lowest BCUT2D eigenvalue weighted by Crippen LogP contribution is -2.41. The molecule has 0 saturated carbocycles. The number of amides is 1. The van der Waals surface area contributed by atoms with Gasteiger partial charge < -0.3 is 15.0 Å². The Kier molecular flexibility index (Phi) is 6.16. The van der Waals surface area contributed by atoms with Gasteiger partial charge in [0.2, 0.25) is 5.91 Å². The van der Waals surface area contributed by atoms with Crippen LogP contribution in [-0.4, -0.2) is 36.1 Å². The molecule has 6 nitrogen and oxygen atoms in total. The van der Waals surface area contributed by atoms with Crippen LogP contribution in [0, 0.1) is 19.8 Å². The molecule has 0 unspecified atom stereocenters. The van der Waals surface area contributed by atoms with Gasteiger partial charge in [-0.15, -0.1) is 0 Å². The number of carbonyl (C=O) groups excluding carboxylic acids is 1. The van der Waals surface area contributed by atoms with Crippen LogP contribution in [0.3, 0.4) is 0 Å². The van der Waals surface area contributed by atoms with Crippen molar-refractivity contribution in [2.75, 3.05) is 30.4 Å². The van der Waals surface area contributed by atoms with Gasteiger partial charge >= 0.3 is 0 Å². The SMILES string of the molecule is COc1ccc(-c2cc(N3CCC[C@H](C(=O)Nc4cccc(C)c4C)C3)ncn2)cc1. The molecule has 2 aromatic carbocycles. The van der Waals surface area contributed by atoms with Crippen LogP contribution in [0.5, 0.6) is 5.75 Å². The summed E-state index contributed by atoms with van der Waals surface area (Å²) in [7, 11) is 1.65. The first-order valence-corrected chi connectivity index (χ1v) is 10.6. The van der Waals surface area contributed by atoms with Gasteiger partial charge in [-0.2, -0.15) is 0 Å². The van der Waals surface area contributed by atoms with E-state index < -0.39 is 0 Å². The summed E-state index contributed by atoms with van der Waals surface area (Å²) < 4.78 is 5.24. The Labute approximate surface area is 183 Å². The van der Waals surface area contributed by atoms with Gasteiger partial charge in [0.25, 0.3) is 0 Å². The maximum atomic E-state index is 13.0. The van der Waals surface area contributed by atoms with Gasteiger partial charge in [-0.05, 0) is 68.1 Å². The number of carbonyl (C=O) groups is 1. The van der Waals surface area contributed by atoms with E-state index in [0.717, 1.165) is 53.5 Å². The van der Waals surface area contributed by atoms with E-state index in [0.29, 0.717) is 6.54 Å². The fourth-order valence-electron chi connectivity index (χ4n) is 3.96. The molecule has 1 N–H and O–H groups in total. The lowest BCUT2D eigenvalue weighted by molar-refractivity contribution is -0.120. The Bertz CT molecular complexity index is 1070. The number of piperidine rings is 1. The van der Waals surface area contributed by atoms with Gasteiger partial charge in [0.05, 0.1) is 18.7 Å². The molecule has 1 amide bonds. The quantitative estimate of drug-likeness (QED) is 0.657. The van der Waals surface area contributed by atoms with E-state index in [-0.39, 0.29) is 11.8 Å². The third-order valence-corrected chi connectivity index (χ3v) is 6.02. The molecule has 1 aliphatic rings. The van der Waals surface area contributed by atoms with Crippen molar-refractivity contribution in [3.05, 3.63) is 66.0 Å². The number of nitrogens with one attached hydrogen (secondary N) is 1. The van der Waals surface area contributed by atoms with Crippen molar-refractivity contribution in [1.82, 2.24) is 9.97 Å². The van der Waals surface area contributed by atoms with E-state index in [1.54, 1.807) is 13.4 Å². The molecule has 0 spiro atoms. The predicted molar refractivity (Wildman–Crippen MR) is 124 cm³/mol. The number of methoxy groups -OCH3 is 1. The Morgan fingerprint density at radius 1 is 1.13 bits per heavy atom. The maximum absolute atomic E-state index is 13.0. The van der Waals surface area contributed by atoms with Crippen molar-refractivity contribution < 1.29 is 9.53 Å². The number of hydrogen-bond acceptors (Lipinski definition) is 5. The van der Waals surface area contributed by atoms with Gasteiger partial charge in [-0.25, -0.2) is 9.97 Å². The normalized spacial score (nSPS) is 16.1. The molecule has 31 heavy (non-hydrogen) atoms. The van der Waals surface area contributed by atoms with Crippen LogP contribution in [0.2, 0.25) is 0 Å². The Hall–Kier alpha value is -3.41. The van der Waals surface area contributed by atoms with Crippen LogP contribution in [0.4, 0.5) is 11.5 Å². The van der Waals surface area contributed by atoms with E-state index >= 15 is 0 Å². The molecule has 2 heterocycles. The zero-order chi connectivity index (χ0) is 21.8. The van der Waals surface area contributed by atoms with Crippen molar-refractivity contribution in [1.29, 1.82) is 0 Å². The number of aromatic nitrogens is 2. The van der Waals surface area contributed by atoms with Crippen LogP contribution in [0.1, 0.15) is 24.0 Å². The number of benzene rings is 2. The molecule has 1 aromatic heterocycles.